The maximum absolute atomic E-state index is 13.6. The fourth-order valence-electron chi connectivity index (χ4n) is 3.33. The average molecular weight is 349 g/mol. The topological polar surface area (TPSA) is 41.9 Å². The van der Waals surface area contributed by atoms with E-state index in [0.29, 0.717) is 36.6 Å². The van der Waals surface area contributed by atoms with Crippen LogP contribution in [0.1, 0.15) is 23.6 Å². The van der Waals surface area contributed by atoms with E-state index in [1.165, 1.54) is 6.07 Å². The summed E-state index contributed by atoms with van der Waals surface area (Å²) in [4.78, 5) is 2.05. The van der Waals surface area contributed by atoms with E-state index in [1.807, 2.05) is 18.2 Å². The number of rotatable bonds is 5. The average Bonchev–Trinajstić information content (AvgIpc) is 2.97. The van der Waals surface area contributed by atoms with Crippen LogP contribution in [0.5, 0.6) is 11.5 Å². The fourth-order valence-corrected chi connectivity index (χ4v) is 3.33. The normalized spacial score (nSPS) is 20.7. The molecule has 1 heterocycles. The van der Waals surface area contributed by atoms with Crippen molar-refractivity contribution in [1.82, 2.24) is 4.90 Å². The van der Waals surface area contributed by atoms with Crippen molar-refractivity contribution in [2.45, 2.75) is 25.1 Å². The van der Waals surface area contributed by atoms with E-state index in [9.17, 15) is 13.9 Å². The zero-order valence-electron chi connectivity index (χ0n) is 14.2. The molecule has 4 nitrogen and oxygen atoms in total. The maximum atomic E-state index is 13.6. The van der Waals surface area contributed by atoms with Gasteiger partial charge in [-0.05, 0) is 41.8 Å². The van der Waals surface area contributed by atoms with Crippen molar-refractivity contribution in [3.8, 4) is 11.5 Å². The predicted molar refractivity (Wildman–Crippen MR) is 89.7 cm³/mol. The third-order valence-corrected chi connectivity index (χ3v) is 4.54. The largest absolute Gasteiger partial charge is 0.493 e. The summed E-state index contributed by atoms with van der Waals surface area (Å²) in [7, 11) is 3.15. The van der Waals surface area contributed by atoms with Crippen LogP contribution in [0, 0.1) is 11.6 Å². The number of hydrogen-bond acceptors (Lipinski definition) is 4. The van der Waals surface area contributed by atoms with Crippen LogP contribution < -0.4 is 9.47 Å². The van der Waals surface area contributed by atoms with Crippen molar-refractivity contribution in [2.24, 2.45) is 0 Å². The number of likely N-dealkylation sites (tertiary alicyclic amines) is 1. The molecule has 0 aliphatic carbocycles. The Morgan fingerprint density at radius 1 is 1.04 bits per heavy atom. The molecule has 0 amide bonds. The minimum Gasteiger partial charge on any atom is -0.493 e. The number of ether oxygens (including phenoxy) is 2. The molecule has 0 bridgehead atoms. The lowest BCUT2D eigenvalue weighted by atomic mass is 10.0. The van der Waals surface area contributed by atoms with E-state index in [0.717, 1.165) is 11.6 Å². The number of halogens is 2. The Hall–Kier alpha value is -2.18. The highest BCUT2D eigenvalue weighted by Crippen LogP contribution is 2.35. The highest BCUT2D eigenvalue weighted by molar-refractivity contribution is 5.43. The smallest absolute Gasteiger partial charge is 0.161 e. The van der Waals surface area contributed by atoms with E-state index in [-0.39, 0.29) is 6.04 Å². The van der Waals surface area contributed by atoms with E-state index in [2.05, 4.69) is 4.90 Å². The molecule has 2 aromatic carbocycles. The second kappa shape index (κ2) is 7.37. The summed E-state index contributed by atoms with van der Waals surface area (Å²) in [5.74, 6) is -0.465. The van der Waals surface area contributed by atoms with Gasteiger partial charge >= 0.3 is 0 Å². The van der Waals surface area contributed by atoms with Crippen LogP contribution in [0.25, 0.3) is 0 Å². The lowest BCUT2D eigenvalue weighted by Crippen LogP contribution is -2.24. The minimum atomic E-state index is -0.870. The highest BCUT2D eigenvalue weighted by Gasteiger charge is 2.32. The number of methoxy groups -OCH3 is 2. The first-order valence-corrected chi connectivity index (χ1v) is 8.09. The fraction of sp³-hybridized carbons (Fsp3) is 0.368. The molecule has 1 saturated heterocycles. The molecule has 1 aliphatic rings. The molecular formula is C19H21F2NO3. The van der Waals surface area contributed by atoms with Crippen LogP contribution in [0.4, 0.5) is 8.78 Å². The maximum Gasteiger partial charge on any atom is 0.161 e. The molecule has 2 aromatic rings. The van der Waals surface area contributed by atoms with Gasteiger partial charge in [0, 0.05) is 19.1 Å². The van der Waals surface area contributed by atoms with Crippen LogP contribution in [0.15, 0.2) is 36.4 Å². The van der Waals surface area contributed by atoms with E-state index in [1.54, 1.807) is 20.3 Å². The van der Waals surface area contributed by atoms with Crippen molar-refractivity contribution >= 4 is 0 Å². The SMILES string of the molecule is COc1ccc(CN2C[C@H](O)C[C@H]2c2ccc(F)c(F)c2)cc1OC. The molecular weight excluding hydrogens is 328 g/mol. The summed E-state index contributed by atoms with van der Waals surface area (Å²) in [6, 6.07) is 9.37. The first-order valence-electron chi connectivity index (χ1n) is 8.09. The predicted octanol–water partition coefficient (Wildman–Crippen LogP) is 3.29. The molecule has 0 unspecified atom stereocenters. The molecule has 134 valence electrons. The van der Waals surface area contributed by atoms with Crippen LogP contribution in [0.2, 0.25) is 0 Å². The summed E-state index contributed by atoms with van der Waals surface area (Å²) in [6.45, 7) is 1.03. The number of aliphatic hydroxyl groups excluding tert-OH is 1. The molecule has 3 rings (SSSR count). The van der Waals surface area contributed by atoms with Crippen molar-refractivity contribution in [3.05, 3.63) is 59.2 Å². The Morgan fingerprint density at radius 3 is 2.48 bits per heavy atom. The first kappa shape index (κ1) is 17.6. The van der Waals surface area contributed by atoms with Gasteiger partial charge in [0.05, 0.1) is 20.3 Å². The Kier molecular flexibility index (Phi) is 5.20. The van der Waals surface area contributed by atoms with Gasteiger partial charge in [-0.15, -0.1) is 0 Å². The lowest BCUT2D eigenvalue weighted by Gasteiger charge is -2.25. The number of hydrogen-bond donors (Lipinski definition) is 1. The Labute approximate surface area is 145 Å². The summed E-state index contributed by atoms with van der Waals surface area (Å²) < 4.78 is 37.3. The Bertz CT molecular complexity index is 753. The van der Waals surface area contributed by atoms with Gasteiger partial charge in [-0.25, -0.2) is 8.78 Å². The van der Waals surface area contributed by atoms with Crippen molar-refractivity contribution in [2.75, 3.05) is 20.8 Å². The zero-order valence-corrected chi connectivity index (χ0v) is 14.2. The monoisotopic (exact) mass is 349 g/mol. The number of benzene rings is 2. The second-order valence-electron chi connectivity index (χ2n) is 6.20. The Balaban J connectivity index is 1.83. The van der Waals surface area contributed by atoms with E-state index in [4.69, 9.17) is 9.47 Å². The van der Waals surface area contributed by atoms with Gasteiger partial charge in [-0.1, -0.05) is 12.1 Å². The molecule has 1 aliphatic heterocycles. The molecule has 0 radical (unpaired) electrons. The molecule has 25 heavy (non-hydrogen) atoms. The van der Waals surface area contributed by atoms with Gasteiger partial charge in [0.25, 0.3) is 0 Å². The van der Waals surface area contributed by atoms with Crippen LogP contribution in [-0.2, 0) is 6.54 Å². The molecule has 0 aromatic heterocycles. The number of aliphatic hydroxyl groups is 1. The van der Waals surface area contributed by atoms with Gasteiger partial charge < -0.3 is 14.6 Å². The van der Waals surface area contributed by atoms with Crippen molar-refractivity contribution in [3.63, 3.8) is 0 Å². The molecule has 1 N–H and O–H groups in total. The Morgan fingerprint density at radius 2 is 1.80 bits per heavy atom. The van der Waals surface area contributed by atoms with Gasteiger partial charge in [0.15, 0.2) is 23.1 Å². The number of β-amino-alcohol motifs (C(OH)–C–C–N with tert-alkyl or cyclic N) is 1. The third-order valence-electron chi connectivity index (χ3n) is 4.54. The summed E-state index contributed by atoms with van der Waals surface area (Å²) in [5, 5.41) is 10.1. The molecule has 6 heteroatoms. The first-order chi connectivity index (χ1) is 12.0. The second-order valence-corrected chi connectivity index (χ2v) is 6.20. The number of nitrogens with zero attached hydrogens (tertiary/aromatic N) is 1. The van der Waals surface area contributed by atoms with E-state index < -0.39 is 17.7 Å². The molecule has 0 spiro atoms. The van der Waals surface area contributed by atoms with Crippen LogP contribution >= 0.6 is 0 Å². The summed E-state index contributed by atoms with van der Waals surface area (Å²) >= 11 is 0. The van der Waals surface area contributed by atoms with E-state index >= 15 is 0 Å². The summed E-state index contributed by atoms with van der Waals surface area (Å²) in [5.41, 5.74) is 1.65. The standard InChI is InChI=1S/C19H21F2NO3/c1-24-18-6-3-12(7-19(18)25-2)10-22-11-14(23)9-17(22)13-4-5-15(20)16(21)8-13/h3-8,14,17,23H,9-11H2,1-2H3/t14-,17+/m1/s1. The molecule has 0 saturated carbocycles. The van der Waals surface area contributed by atoms with Gasteiger partial charge in [0.1, 0.15) is 0 Å². The van der Waals surface area contributed by atoms with Crippen LogP contribution in [-0.4, -0.2) is 36.9 Å². The molecule has 2 atom stereocenters. The zero-order chi connectivity index (χ0) is 18.0. The van der Waals surface area contributed by atoms with Crippen LogP contribution in [0.3, 0.4) is 0 Å². The van der Waals surface area contributed by atoms with Gasteiger partial charge in [-0.2, -0.15) is 0 Å². The van der Waals surface area contributed by atoms with Gasteiger partial charge in [-0.3, -0.25) is 4.90 Å². The summed E-state index contributed by atoms with van der Waals surface area (Å²) in [6.07, 6.45) is -0.0171. The quantitative estimate of drug-likeness (QED) is 0.899. The highest BCUT2D eigenvalue weighted by atomic mass is 19.2. The van der Waals surface area contributed by atoms with Crippen molar-refractivity contribution < 1.29 is 23.4 Å². The molecule has 1 fully saturated rings. The minimum absolute atomic E-state index is 0.168. The van der Waals surface area contributed by atoms with Gasteiger partial charge in [0.2, 0.25) is 0 Å². The third kappa shape index (κ3) is 3.75. The lowest BCUT2D eigenvalue weighted by molar-refractivity contribution is 0.172. The van der Waals surface area contributed by atoms with Crippen molar-refractivity contribution in [1.29, 1.82) is 0 Å².